The first kappa shape index (κ1) is 13.3. The molecule has 0 amide bonds. The molecule has 1 saturated heterocycles. The van der Waals surface area contributed by atoms with Crippen molar-refractivity contribution in [2.24, 2.45) is 0 Å². The second-order valence-corrected chi connectivity index (χ2v) is 5.53. The molecular weight excluding hydrogens is 276 g/mol. The van der Waals surface area contributed by atoms with Crippen LogP contribution in [-0.4, -0.2) is 40.6 Å². The number of fused-ring (bicyclic) bond motifs is 1. The normalized spacial score (nSPS) is 18.7. The van der Waals surface area contributed by atoms with Gasteiger partial charge in [0.05, 0.1) is 24.8 Å². The molecule has 1 aliphatic heterocycles. The van der Waals surface area contributed by atoms with E-state index < -0.39 is 0 Å². The number of hydrogen-bond donors (Lipinski definition) is 0. The zero-order valence-electron chi connectivity index (χ0n) is 12.3. The smallest absolute Gasteiger partial charge is 0.129 e. The van der Waals surface area contributed by atoms with Crippen LogP contribution in [0.2, 0.25) is 0 Å². The molecule has 1 aromatic carbocycles. The van der Waals surface area contributed by atoms with E-state index in [-0.39, 0.29) is 6.10 Å². The van der Waals surface area contributed by atoms with Gasteiger partial charge >= 0.3 is 0 Å². The Kier molecular flexibility index (Phi) is 3.48. The van der Waals surface area contributed by atoms with Crippen LogP contribution in [0.1, 0.15) is 0 Å². The lowest BCUT2D eigenvalue weighted by Gasteiger charge is -2.33. The van der Waals surface area contributed by atoms with Gasteiger partial charge in [-0.1, -0.05) is 18.2 Å². The molecule has 0 saturated carbocycles. The van der Waals surface area contributed by atoms with Crippen molar-refractivity contribution >= 4 is 16.7 Å². The second kappa shape index (κ2) is 5.77. The topological polar surface area (TPSA) is 43.2 Å². The van der Waals surface area contributed by atoms with Gasteiger partial charge in [-0.25, -0.2) is 4.98 Å². The Morgan fingerprint density at radius 2 is 2.09 bits per heavy atom. The number of rotatable bonds is 3. The maximum Gasteiger partial charge on any atom is 0.129 e. The van der Waals surface area contributed by atoms with Gasteiger partial charge in [0.2, 0.25) is 0 Å². The lowest BCUT2D eigenvalue weighted by molar-refractivity contribution is 0.0272. The van der Waals surface area contributed by atoms with E-state index in [1.165, 1.54) is 5.39 Å². The van der Waals surface area contributed by atoms with Crippen LogP contribution in [0, 0.1) is 0 Å². The van der Waals surface area contributed by atoms with Gasteiger partial charge in [-0.15, -0.1) is 0 Å². The van der Waals surface area contributed by atoms with Crippen LogP contribution in [0.5, 0.6) is 0 Å². The van der Waals surface area contributed by atoms with Crippen molar-refractivity contribution in [2.75, 3.05) is 24.6 Å². The first-order chi connectivity index (χ1) is 10.9. The summed E-state index contributed by atoms with van der Waals surface area (Å²) in [5.74, 6) is 1.02. The Labute approximate surface area is 129 Å². The van der Waals surface area contributed by atoms with Crippen LogP contribution in [0.15, 0.2) is 54.9 Å². The van der Waals surface area contributed by atoms with Crippen molar-refractivity contribution in [3.63, 3.8) is 0 Å². The summed E-state index contributed by atoms with van der Waals surface area (Å²) in [5.41, 5.74) is 1.04. The Hall–Kier alpha value is -2.40. The van der Waals surface area contributed by atoms with Gasteiger partial charge < -0.3 is 9.64 Å². The predicted molar refractivity (Wildman–Crippen MR) is 85.9 cm³/mol. The largest absolute Gasteiger partial charge is 0.373 e. The molecular formula is C17H18N4O. The third-order valence-corrected chi connectivity index (χ3v) is 4.00. The molecule has 22 heavy (non-hydrogen) atoms. The number of aromatic nitrogens is 3. The summed E-state index contributed by atoms with van der Waals surface area (Å²) in [6.45, 7) is 3.21. The highest BCUT2D eigenvalue weighted by Gasteiger charge is 2.22. The first-order valence-corrected chi connectivity index (χ1v) is 7.58. The average Bonchev–Trinajstić information content (AvgIpc) is 3.08. The van der Waals surface area contributed by atoms with E-state index in [1.54, 1.807) is 6.20 Å². The molecule has 0 radical (unpaired) electrons. The minimum Gasteiger partial charge on any atom is -0.373 e. The van der Waals surface area contributed by atoms with Gasteiger partial charge in [-0.3, -0.25) is 4.68 Å². The molecule has 0 N–H and O–H groups in total. The second-order valence-electron chi connectivity index (χ2n) is 5.53. The van der Waals surface area contributed by atoms with Gasteiger partial charge in [0.1, 0.15) is 5.82 Å². The van der Waals surface area contributed by atoms with Gasteiger partial charge in [0.25, 0.3) is 0 Å². The van der Waals surface area contributed by atoms with Crippen LogP contribution in [0.4, 0.5) is 5.82 Å². The molecule has 0 bridgehead atoms. The van der Waals surface area contributed by atoms with Crippen molar-refractivity contribution in [3.8, 4) is 0 Å². The van der Waals surface area contributed by atoms with Gasteiger partial charge in [-0.2, -0.15) is 5.10 Å². The SMILES string of the molecule is c1ccc2nc(N3CCOC(Cn4cccn4)C3)ccc2c1. The summed E-state index contributed by atoms with van der Waals surface area (Å²) in [6, 6.07) is 14.4. The summed E-state index contributed by atoms with van der Waals surface area (Å²) < 4.78 is 7.78. The van der Waals surface area contributed by atoms with Crippen LogP contribution < -0.4 is 4.90 Å². The number of hydrogen-bond acceptors (Lipinski definition) is 4. The van der Waals surface area contributed by atoms with E-state index in [0.717, 1.165) is 37.6 Å². The van der Waals surface area contributed by atoms with E-state index in [0.29, 0.717) is 0 Å². The van der Waals surface area contributed by atoms with E-state index in [4.69, 9.17) is 9.72 Å². The van der Waals surface area contributed by atoms with Crippen LogP contribution in [0.3, 0.4) is 0 Å². The van der Waals surface area contributed by atoms with Crippen LogP contribution in [0.25, 0.3) is 10.9 Å². The zero-order chi connectivity index (χ0) is 14.8. The van der Waals surface area contributed by atoms with Crippen molar-refractivity contribution in [1.29, 1.82) is 0 Å². The molecule has 4 rings (SSSR count). The monoisotopic (exact) mass is 294 g/mol. The van der Waals surface area contributed by atoms with Crippen molar-refractivity contribution < 1.29 is 4.74 Å². The molecule has 1 atom stereocenters. The lowest BCUT2D eigenvalue weighted by Crippen LogP contribution is -2.44. The first-order valence-electron chi connectivity index (χ1n) is 7.58. The Balaban J connectivity index is 1.53. The molecule has 1 aliphatic rings. The minimum atomic E-state index is 0.141. The maximum atomic E-state index is 5.86. The summed E-state index contributed by atoms with van der Waals surface area (Å²) >= 11 is 0. The molecule has 3 aromatic rings. The fraction of sp³-hybridized carbons (Fsp3) is 0.294. The minimum absolute atomic E-state index is 0.141. The summed E-state index contributed by atoms with van der Waals surface area (Å²) in [7, 11) is 0. The van der Waals surface area contributed by atoms with Crippen molar-refractivity contribution in [2.45, 2.75) is 12.6 Å². The van der Waals surface area contributed by atoms with E-state index in [9.17, 15) is 0 Å². The highest BCUT2D eigenvalue weighted by molar-refractivity contribution is 5.80. The highest BCUT2D eigenvalue weighted by Crippen LogP contribution is 2.20. The van der Waals surface area contributed by atoms with E-state index >= 15 is 0 Å². The number of morpholine rings is 1. The number of pyridine rings is 1. The molecule has 112 valence electrons. The average molecular weight is 294 g/mol. The molecule has 1 unspecified atom stereocenters. The van der Waals surface area contributed by atoms with Crippen molar-refractivity contribution in [3.05, 3.63) is 54.9 Å². The molecule has 1 fully saturated rings. The standard InChI is InChI=1S/C17H18N4O/c1-2-5-16-14(4-1)6-7-17(19-16)20-10-11-22-15(12-20)13-21-9-3-8-18-21/h1-9,15H,10-13H2. The fourth-order valence-corrected chi connectivity index (χ4v) is 2.89. The summed E-state index contributed by atoms with van der Waals surface area (Å²) in [5, 5.41) is 5.43. The lowest BCUT2D eigenvalue weighted by atomic mass is 10.2. The van der Waals surface area contributed by atoms with Gasteiger partial charge in [0, 0.05) is 30.9 Å². The maximum absolute atomic E-state index is 5.86. The van der Waals surface area contributed by atoms with Gasteiger partial charge in [-0.05, 0) is 24.3 Å². The molecule has 3 heterocycles. The molecule has 0 aliphatic carbocycles. The quantitative estimate of drug-likeness (QED) is 0.743. The summed E-state index contributed by atoms with van der Waals surface area (Å²) in [6.07, 6.45) is 3.91. The van der Waals surface area contributed by atoms with E-state index in [1.807, 2.05) is 29.1 Å². The van der Waals surface area contributed by atoms with E-state index in [2.05, 4.69) is 34.3 Å². The third kappa shape index (κ3) is 2.67. The Morgan fingerprint density at radius 3 is 3.00 bits per heavy atom. The number of para-hydroxylation sites is 1. The number of benzene rings is 1. The Morgan fingerprint density at radius 1 is 1.14 bits per heavy atom. The van der Waals surface area contributed by atoms with Crippen LogP contribution >= 0.6 is 0 Å². The number of ether oxygens (including phenoxy) is 1. The zero-order valence-corrected chi connectivity index (χ0v) is 12.3. The molecule has 2 aromatic heterocycles. The number of anilines is 1. The fourth-order valence-electron chi connectivity index (χ4n) is 2.89. The molecule has 5 heteroatoms. The van der Waals surface area contributed by atoms with Crippen molar-refractivity contribution in [1.82, 2.24) is 14.8 Å². The Bertz CT molecular complexity index is 756. The highest BCUT2D eigenvalue weighted by atomic mass is 16.5. The number of nitrogens with zero attached hydrogens (tertiary/aromatic N) is 4. The van der Waals surface area contributed by atoms with Crippen LogP contribution in [-0.2, 0) is 11.3 Å². The summed E-state index contributed by atoms with van der Waals surface area (Å²) in [4.78, 5) is 7.07. The third-order valence-electron chi connectivity index (χ3n) is 4.00. The van der Waals surface area contributed by atoms with Gasteiger partial charge in [0.15, 0.2) is 0 Å². The predicted octanol–water partition coefficient (Wildman–Crippen LogP) is 2.34. The molecule has 0 spiro atoms. The molecule has 5 nitrogen and oxygen atoms in total.